The number of carboxylic acids is 1. The van der Waals surface area contributed by atoms with E-state index >= 15 is 0 Å². The van der Waals surface area contributed by atoms with Gasteiger partial charge in [-0.25, -0.2) is 0 Å². The Hall–Kier alpha value is -5.86. The Morgan fingerprint density at radius 3 is 1.25 bits per heavy atom. The molecule has 2 aliphatic carbocycles. The maximum Gasteiger partial charge on any atom is 0.307 e. The summed E-state index contributed by atoms with van der Waals surface area (Å²) >= 11 is 0. The van der Waals surface area contributed by atoms with Gasteiger partial charge in [0.05, 0.1) is 58.2 Å². The average molecular weight is 855 g/mol. The van der Waals surface area contributed by atoms with Crippen LogP contribution in [0.1, 0.15) is 128 Å². The van der Waals surface area contributed by atoms with Crippen LogP contribution in [0.2, 0.25) is 0 Å². The van der Waals surface area contributed by atoms with Gasteiger partial charge in [-0.2, -0.15) is 0 Å². The molecule has 0 amide bonds. The highest BCUT2D eigenvalue weighted by atomic mass is 16.5. The van der Waals surface area contributed by atoms with Gasteiger partial charge in [-0.15, -0.1) is 11.8 Å². The molecule has 1 N–H and O–H groups in total. The maximum absolute atomic E-state index is 11.7. The molecule has 0 bridgehead atoms. The van der Waals surface area contributed by atoms with E-state index in [0.29, 0.717) is 26.4 Å². The minimum absolute atomic E-state index is 0.00208. The summed E-state index contributed by atoms with van der Waals surface area (Å²) in [6.07, 6.45) is 4.65. The van der Waals surface area contributed by atoms with Gasteiger partial charge in [0, 0.05) is 10.8 Å². The molecule has 2 fully saturated rings. The number of ether oxygens (including phenoxy) is 5. The van der Waals surface area contributed by atoms with Crippen molar-refractivity contribution in [2.45, 2.75) is 117 Å². The first-order chi connectivity index (χ1) is 29.9. The monoisotopic (exact) mass is 854 g/mol. The van der Waals surface area contributed by atoms with Crippen LogP contribution in [-0.2, 0) is 25.2 Å². The van der Waals surface area contributed by atoms with Crippen LogP contribution in [0.4, 0.5) is 0 Å². The van der Waals surface area contributed by atoms with Gasteiger partial charge in [0.25, 0.3) is 0 Å². The van der Waals surface area contributed by atoms with Crippen LogP contribution in [0, 0.1) is 34.5 Å². The minimum atomic E-state index is -0.850. The lowest BCUT2D eigenvalue weighted by molar-refractivity contribution is -0.141. The zero-order chi connectivity index (χ0) is 45.7. The summed E-state index contributed by atoms with van der Waals surface area (Å²) in [6.45, 7) is 19.3. The molecule has 8 heteroatoms. The van der Waals surface area contributed by atoms with Crippen LogP contribution in [0.15, 0.2) is 97.1 Å². The van der Waals surface area contributed by atoms with Gasteiger partial charge >= 0.3 is 11.9 Å². The van der Waals surface area contributed by atoms with Crippen molar-refractivity contribution in [3.63, 3.8) is 0 Å². The Kier molecular flexibility index (Phi) is 16.4. The number of carbonyl (C=O) groups excluding carboxylic acids is 1. The van der Waals surface area contributed by atoms with Crippen molar-refractivity contribution < 1.29 is 38.4 Å². The number of rotatable bonds is 18. The lowest BCUT2D eigenvalue weighted by Gasteiger charge is -2.21. The zero-order valence-corrected chi connectivity index (χ0v) is 38.8. The van der Waals surface area contributed by atoms with Gasteiger partial charge in [0.2, 0.25) is 0 Å². The number of aliphatic carboxylic acids is 1. The smallest absolute Gasteiger partial charge is 0.307 e. The zero-order valence-electron chi connectivity index (χ0n) is 38.8. The standard InChI is InChI=1S/C28H34O4.C27H32O4/c1-6-8-22(17-26(29)30-5)21-11-13-24(14-12-21)31-19-28(15-16-28)20-32-25-10-7-9-23(18-25)27(2,3)4;1-5-7-21(16-25(28)29)20-10-12-23(13-11-20)30-18-27(14-15-27)19-31-24-9-6-8-22(17-24)26(2,3)4/h7,9-14,18,22H,15-17,19-20H2,1-5H3;6,8-13,17,21H,14-16,18-19H2,1-4H3,(H,28,29). The Morgan fingerprint density at radius 1 is 0.571 bits per heavy atom. The van der Waals surface area contributed by atoms with E-state index in [1.807, 2.05) is 66.7 Å². The molecule has 0 heterocycles. The van der Waals surface area contributed by atoms with Crippen molar-refractivity contribution in [2.75, 3.05) is 33.5 Å². The van der Waals surface area contributed by atoms with Crippen molar-refractivity contribution in [1.82, 2.24) is 0 Å². The van der Waals surface area contributed by atoms with Gasteiger partial charge in [-0.1, -0.05) is 102 Å². The molecule has 8 nitrogen and oxygen atoms in total. The van der Waals surface area contributed by atoms with Crippen LogP contribution in [0.5, 0.6) is 23.0 Å². The van der Waals surface area contributed by atoms with Crippen molar-refractivity contribution in [3.05, 3.63) is 119 Å². The summed E-state index contributed by atoms with van der Waals surface area (Å²) in [5.41, 5.74) is 4.76. The maximum atomic E-state index is 11.7. The highest BCUT2D eigenvalue weighted by Gasteiger charge is 2.45. The fourth-order valence-electron chi connectivity index (χ4n) is 6.93. The number of hydrogen-bond donors (Lipinski definition) is 1. The fraction of sp³-hybridized carbons (Fsp3) is 0.455. The third-order valence-electron chi connectivity index (χ3n) is 11.7. The second-order valence-corrected chi connectivity index (χ2v) is 19.1. The third-order valence-corrected chi connectivity index (χ3v) is 11.7. The molecule has 2 aliphatic rings. The molecular formula is C55H66O8. The predicted molar refractivity (Wildman–Crippen MR) is 250 cm³/mol. The normalized spacial score (nSPS) is 15.3. The highest BCUT2D eigenvalue weighted by molar-refractivity contribution is 5.71. The molecule has 0 aliphatic heterocycles. The Bertz CT molecular complexity index is 2250. The molecule has 0 spiro atoms. The van der Waals surface area contributed by atoms with E-state index in [0.717, 1.165) is 59.8 Å². The molecule has 0 saturated heterocycles. The van der Waals surface area contributed by atoms with E-state index in [9.17, 15) is 9.59 Å². The number of esters is 1. The quantitative estimate of drug-likeness (QED) is 0.0780. The lowest BCUT2D eigenvalue weighted by atomic mass is 9.87. The topological polar surface area (TPSA) is 101 Å². The van der Waals surface area contributed by atoms with Crippen LogP contribution in [0.3, 0.4) is 0 Å². The van der Waals surface area contributed by atoms with Crippen LogP contribution in [-0.4, -0.2) is 50.6 Å². The van der Waals surface area contributed by atoms with Crippen LogP contribution < -0.4 is 18.9 Å². The summed E-state index contributed by atoms with van der Waals surface area (Å²) in [5, 5.41) is 9.09. The highest BCUT2D eigenvalue weighted by Crippen LogP contribution is 2.47. The molecule has 4 aromatic carbocycles. The second-order valence-electron chi connectivity index (χ2n) is 19.1. The molecule has 6 rings (SSSR count). The predicted octanol–water partition coefficient (Wildman–Crippen LogP) is 11.7. The lowest BCUT2D eigenvalue weighted by Crippen LogP contribution is -2.21. The van der Waals surface area contributed by atoms with Crippen LogP contribution >= 0.6 is 0 Å². The first-order valence-electron chi connectivity index (χ1n) is 22.0. The third kappa shape index (κ3) is 15.2. The number of benzene rings is 4. The van der Waals surface area contributed by atoms with Gasteiger partial charge in [0.1, 0.15) is 23.0 Å². The van der Waals surface area contributed by atoms with E-state index in [1.54, 1.807) is 13.8 Å². The summed E-state index contributed by atoms with van der Waals surface area (Å²) < 4.78 is 29.2. The summed E-state index contributed by atoms with van der Waals surface area (Å²) in [6, 6.07) is 32.1. The van der Waals surface area contributed by atoms with Crippen LogP contribution in [0.25, 0.3) is 0 Å². The van der Waals surface area contributed by atoms with E-state index in [2.05, 4.69) is 95.6 Å². The molecule has 0 radical (unpaired) electrons. The Morgan fingerprint density at radius 2 is 0.937 bits per heavy atom. The molecule has 2 unspecified atom stereocenters. The number of carboxylic acid groups (broad SMARTS) is 1. The van der Waals surface area contributed by atoms with E-state index in [4.69, 9.17) is 28.8 Å². The van der Waals surface area contributed by atoms with Gasteiger partial charge in [0.15, 0.2) is 0 Å². The molecule has 2 atom stereocenters. The largest absolute Gasteiger partial charge is 0.493 e. The number of carbonyl (C=O) groups is 2. The van der Waals surface area contributed by atoms with Gasteiger partial charge in [-0.3, -0.25) is 9.59 Å². The molecule has 63 heavy (non-hydrogen) atoms. The first-order valence-corrected chi connectivity index (χ1v) is 22.0. The Balaban J connectivity index is 0.000000238. The minimum Gasteiger partial charge on any atom is -0.493 e. The van der Waals surface area contributed by atoms with E-state index in [-0.39, 0.29) is 52.3 Å². The molecule has 4 aromatic rings. The van der Waals surface area contributed by atoms with E-state index < -0.39 is 5.97 Å². The number of methoxy groups -OCH3 is 1. The summed E-state index contributed by atoms with van der Waals surface area (Å²) in [5.74, 6) is 13.6. The SMILES string of the molecule is CC#CC(CC(=O)O)c1ccc(OCC2(COc3cccc(C(C)(C)C)c3)CC2)cc1.CC#CC(CC(=O)OC)c1ccc(OCC2(COc3cccc(C(C)(C)C)c3)CC2)cc1. The molecular weight excluding hydrogens is 789 g/mol. The fourth-order valence-corrected chi connectivity index (χ4v) is 6.93. The number of hydrogen-bond acceptors (Lipinski definition) is 7. The summed E-state index contributed by atoms with van der Waals surface area (Å²) in [7, 11) is 1.40. The van der Waals surface area contributed by atoms with E-state index in [1.165, 1.54) is 18.2 Å². The molecule has 2 saturated carbocycles. The van der Waals surface area contributed by atoms with Crippen molar-refractivity contribution in [1.29, 1.82) is 0 Å². The van der Waals surface area contributed by atoms with Gasteiger partial charge in [-0.05, 0) is 121 Å². The second kappa shape index (κ2) is 21.5. The van der Waals surface area contributed by atoms with Crippen molar-refractivity contribution in [2.24, 2.45) is 10.8 Å². The first kappa shape index (κ1) is 48.2. The molecule has 0 aromatic heterocycles. The summed E-state index contributed by atoms with van der Waals surface area (Å²) in [4.78, 5) is 22.7. The average Bonchev–Trinajstić information content (AvgIpc) is 4.21. The van der Waals surface area contributed by atoms with Crippen molar-refractivity contribution >= 4 is 11.9 Å². The Labute approximate surface area is 376 Å². The van der Waals surface area contributed by atoms with Crippen molar-refractivity contribution in [3.8, 4) is 46.7 Å². The van der Waals surface area contributed by atoms with Gasteiger partial charge < -0.3 is 28.8 Å². The molecule has 334 valence electrons.